The van der Waals surface area contributed by atoms with Crippen molar-refractivity contribution in [1.29, 1.82) is 0 Å². The zero-order valence-electron chi connectivity index (χ0n) is 13.3. The molecule has 3 fully saturated rings. The van der Waals surface area contributed by atoms with Crippen molar-refractivity contribution in [2.75, 3.05) is 37.7 Å². The Hall–Kier alpha value is -0.220. The summed E-state index contributed by atoms with van der Waals surface area (Å²) in [6.07, 6.45) is 9.77. The maximum Gasteiger partial charge on any atom is 0.222 e. The molecule has 0 aromatic rings. The third-order valence-corrected chi connectivity index (χ3v) is 6.63. The molecule has 3 aliphatic heterocycles. The van der Waals surface area contributed by atoms with Crippen LogP contribution in [0.5, 0.6) is 0 Å². The molecule has 0 aliphatic carbocycles. The van der Waals surface area contributed by atoms with Crippen LogP contribution in [0.15, 0.2) is 0 Å². The predicted molar refractivity (Wildman–Crippen MR) is 89.7 cm³/mol. The van der Waals surface area contributed by atoms with Crippen LogP contribution in [0.25, 0.3) is 0 Å². The Morgan fingerprint density at radius 1 is 0.952 bits per heavy atom. The van der Waals surface area contributed by atoms with Gasteiger partial charge in [-0.25, -0.2) is 0 Å². The summed E-state index contributed by atoms with van der Waals surface area (Å²) in [6.45, 7) is 4.57. The lowest BCUT2D eigenvalue weighted by molar-refractivity contribution is -0.130. The lowest BCUT2D eigenvalue weighted by Gasteiger charge is -2.39. The molecule has 0 radical (unpaired) electrons. The molecule has 0 atom stereocenters. The lowest BCUT2D eigenvalue weighted by Crippen LogP contribution is -2.43. The SMILES string of the molecule is O=C(CCC1CCN(C2CCSCC2)CC1)N1CCCC1. The topological polar surface area (TPSA) is 23.6 Å². The highest BCUT2D eigenvalue weighted by Gasteiger charge is 2.27. The van der Waals surface area contributed by atoms with E-state index in [2.05, 4.69) is 21.6 Å². The second-order valence-corrected chi connectivity index (χ2v) is 8.17. The number of amides is 1. The molecule has 0 N–H and O–H groups in total. The molecule has 3 aliphatic rings. The van der Waals surface area contributed by atoms with E-state index in [1.165, 1.54) is 63.1 Å². The molecule has 3 rings (SSSR count). The first-order chi connectivity index (χ1) is 10.3. The van der Waals surface area contributed by atoms with E-state index in [1.54, 1.807) is 0 Å². The van der Waals surface area contributed by atoms with E-state index in [4.69, 9.17) is 0 Å². The number of rotatable bonds is 4. The minimum atomic E-state index is 0.416. The van der Waals surface area contributed by atoms with Gasteiger partial charge in [0.1, 0.15) is 0 Å². The summed E-state index contributed by atoms with van der Waals surface area (Å²) in [4.78, 5) is 16.9. The number of nitrogens with zero attached hydrogens (tertiary/aromatic N) is 2. The van der Waals surface area contributed by atoms with E-state index in [0.29, 0.717) is 5.91 Å². The molecular weight excluding hydrogens is 280 g/mol. The maximum absolute atomic E-state index is 12.1. The zero-order valence-corrected chi connectivity index (χ0v) is 14.1. The van der Waals surface area contributed by atoms with Gasteiger partial charge in [0.15, 0.2) is 0 Å². The molecule has 0 bridgehead atoms. The second-order valence-electron chi connectivity index (χ2n) is 6.95. The van der Waals surface area contributed by atoms with E-state index in [9.17, 15) is 4.79 Å². The molecule has 120 valence electrons. The van der Waals surface area contributed by atoms with Crippen molar-refractivity contribution in [1.82, 2.24) is 9.80 Å². The Morgan fingerprint density at radius 2 is 1.62 bits per heavy atom. The third kappa shape index (κ3) is 4.38. The van der Waals surface area contributed by atoms with Crippen LogP contribution in [0.3, 0.4) is 0 Å². The third-order valence-electron chi connectivity index (χ3n) is 5.58. The molecule has 0 spiro atoms. The zero-order chi connectivity index (χ0) is 14.5. The molecule has 3 saturated heterocycles. The maximum atomic E-state index is 12.1. The van der Waals surface area contributed by atoms with E-state index in [1.807, 2.05) is 0 Å². The summed E-state index contributed by atoms with van der Waals surface area (Å²) in [7, 11) is 0. The van der Waals surface area contributed by atoms with Crippen LogP contribution in [0.4, 0.5) is 0 Å². The Labute approximate surface area is 133 Å². The highest BCUT2D eigenvalue weighted by atomic mass is 32.2. The van der Waals surface area contributed by atoms with E-state index >= 15 is 0 Å². The van der Waals surface area contributed by atoms with Crippen molar-refractivity contribution in [2.24, 2.45) is 5.92 Å². The predicted octanol–water partition coefficient (Wildman–Crippen LogP) is 3.00. The van der Waals surface area contributed by atoms with Crippen LogP contribution in [-0.2, 0) is 4.79 Å². The van der Waals surface area contributed by atoms with Crippen LogP contribution >= 0.6 is 11.8 Å². The van der Waals surface area contributed by atoms with Crippen LogP contribution < -0.4 is 0 Å². The highest BCUT2D eigenvalue weighted by molar-refractivity contribution is 7.99. The Balaban J connectivity index is 1.34. The summed E-state index contributed by atoms with van der Waals surface area (Å²) in [6, 6.07) is 0.860. The minimum Gasteiger partial charge on any atom is -0.343 e. The van der Waals surface area contributed by atoms with E-state index in [0.717, 1.165) is 37.9 Å². The number of carbonyl (C=O) groups excluding carboxylic acids is 1. The first kappa shape index (κ1) is 15.7. The number of hydrogen-bond acceptors (Lipinski definition) is 3. The molecule has 0 aromatic carbocycles. The largest absolute Gasteiger partial charge is 0.343 e. The van der Waals surface area contributed by atoms with Crippen LogP contribution in [0.1, 0.15) is 51.4 Å². The normalized spacial score (nSPS) is 26.4. The van der Waals surface area contributed by atoms with Crippen molar-refractivity contribution in [3.05, 3.63) is 0 Å². The Morgan fingerprint density at radius 3 is 2.29 bits per heavy atom. The lowest BCUT2D eigenvalue weighted by atomic mass is 9.90. The summed E-state index contributed by atoms with van der Waals surface area (Å²) >= 11 is 2.12. The van der Waals surface area contributed by atoms with Crippen LogP contribution in [0, 0.1) is 5.92 Å². The van der Waals surface area contributed by atoms with Gasteiger partial charge in [0.2, 0.25) is 5.91 Å². The van der Waals surface area contributed by atoms with Crippen molar-refractivity contribution in [3.8, 4) is 0 Å². The Bertz CT molecular complexity index is 330. The molecule has 0 aromatic heterocycles. The molecule has 0 unspecified atom stereocenters. The van der Waals surface area contributed by atoms with Gasteiger partial charge in [-0.05, 0) is 75.5 Å². The molecule has 3 nitrogen and oxygen atoms in total. The fourth-order valence-electron chi connectivity index (χ4n) is 4.11. The molecule has 0 saturated carbocycles. The summed E-state index contributed by atoms with van der Waals surface area (Å²) in [5.74, 6) is 3.93. The van der Waals surface area contributed by atoms with Gasteiger partial charge in [0.25, 0.3) is 0 Å². The fraction of sp³-hybridized carbons (Fsp3) is 0.941. The second kappa shape index (κ2) is 7.87. The van der Waals surface area contributed by atoms with Gasteiger partial charge in [-0.1, -0.05) is 0 Å². The smallest absolute Gasteiger partial charge is 0.222 e. The molecular formula is C17H30N2OS. The van der Waals surface area contributed by atoms with Gasteiger partial charge in [-0.3, -0.25) is 4.79 Å². The number of piperidine rings is 1. The molecule has 21 heavy (non-hydrogen) atoms. The first-order valence-electron chi connectivity index (χ1n) is 8.92. The van der Waals surface area contributed by atoms with Gasteiger partial charge in [0.05, 0.1) is 0 Å². The van der Waals surface area contributed by atoms with Gasteiger partial charge < -0.3 is 9.80 Å². The van der Waals surface area contributed by atoms with Crippen molar-refractivity contribution < 1.29 is 4.79 Å². The Kier molecular flexibility index (Phi) is 5.87. The van der Waals surface area contributed by atoms with Crippen molar-refractivity contribution in [3.63, 3.8) is 0 Å². The summed E-state index contributed by atoms with van der Waals surface area (Å²) < 4.78 is 0. The standard InChI is InChI=1S/C17H30N2OS/c20-17(19-9-1-2-10-19)4-3-15-5-11-18(12-6-15)16-7-13-21-14-8-16/h15-16H,1-14H2. The van der Waals surface area contributed by atoms with E-state index < -0.39 is 0 Å². The fourth-order valence-corrected chi connectivity index (χ4v) is 5.19. The number of likely N-dealkylation sites (tertiary alicyclic amines) is 2. The van der Waals surface area contributed by atoms with Gasteiger partial charge in [-0.2, -0.15) is 11.8 Å². The minimum absolute atomic E-state index is 0.416. The van der Waals surface area contributed by atoms with Gasteiger partial charge in [-0.15, -0.1) is 0 Å². The molecule has 3 heterocycles. The quantitative estimate of drug-likeness (QED) is 0.797. The average Bonchev–Trinajstić information content (AvgIpc) is 3.08. The average molecular weight is 311 g/mol. The number of thioether (sulfide) groups is 1. The molecule has 1 amide bonds. The summed E-state index contributed by atoms with van der Waals surface area (Å²) in [5, 5.41) is 0. The van der Waals surface area contributed by atoms with Gasteiger partial charge in [0, 0.05) is 25.6 Å². The van der Waals surface area contributed by atoms with Crippen LogP contribution in [0.2, 0.25) is 0 Å². The first-order valence-corrected chi connectivity index (χ1v) is 10.1. The summed E-state index contributed by atoms with van der Waals surface area (Å²) in [5.41, 5.74) is 0. The number of hydrogen-bond donors (Lipinski definition) is 0. The van der Waals surface area contributed by atoms with Gasteiger partial charge >= 0.3 is 0 Å². The van der Waals surface area contributed by atoms with Crippen molar-refractivity contribution >= 4 is 17.7 Å². The number of carbonyl (C=O) groups is 1. The molecule has 4 heteroatoms. The monoisotopic (exact) mass is 310 g/mol. The van der Waals surface area contributed by atoms with E-state index in [-0.39, 0.29) is 0 Å². The van der Waals surface area contributed by atoms with Crippen molar-refractivity contribution in [2.45, 2.75) is 57.4 Å². The highest BCUT2D eigenvalue weighted by Crippen LogP contribution is 2.28. The van der Waals surface area contributed by atoms with Crippen LogP contribution in [-0.4, -0.2) is 59.4 Å².